The molecule has 1 saturated carbocycles. The first-order valence-electron chi connectivity index (χ1n) is 9.69. The molecule has 5 rings (SSSR count). The van der Waals surface area contributed by atoms with Gasteiger partial charge in [0.1, 0.15) is 11.3 Å². The van der Waals surface area contributed by atoms with E-state index in [1.54, 1.807) is 0 Å². The Labute approximate surface area is 162 Å². The summed E-state index contributed by atoms with van der Waals surface area (Å²) in [6.45, 7) is 0.685. The molecule has 0 spiro atoms. The lowest BCUT2D eigenvalue weighted by atomic mass is 9.84. The molecular formula is C21H21ClN4O. The van der Waals surface area contributed by atoms with Crippen LogP contribution in [0.25, 0.3) is 21.9 Å². The standard InChI is InChI=1S/C21H21ClN4O/c22-14-4-5-18-17(10-14)20-19(12-24-18)25-21(13-2-1-3-13)26(20)15-7-9-27-16(11-15)6-8-23/h4-5,10,12-13,15-16H,1-3,6-7,9,11H2. The molecule has 2 aliphatic rings. The Morgan fingerprint density at radius 3 is 2.93 bits per heavy atom. The smallest absolute Gasteiger partial charge is 0.113 e. The maximum Gasteiger partial charge on any atom is 0.113 e. The van der Waals surface area contributed by atoms with Crippen LogP contribution < -0.4 is 0 Å². The highest BCUT2D eigenvalue weighted by molar-refractivity contribution is 6.31. The summed E-state index contributed by atoms with van der Waals surface area (Å²) in [5.74, 6) is 1.69. The Bertz CT molecular complexity index is 1050. The molecule has 3 heterocycles. The minimum atomic E-state index is -0.00266. The van der Waals surface area contributed by atoms with Crippen molar-refractivity contribution in [3.8, 4) is 6.07 Å². The second kappa shape index (κ2) is 6.78. The fourth-order valence-corrected chi connectivity index (χ4v) is 4.60. The van der Waals surface area contributed by atoms with Gasteiger partial charge in [0, 0.05) is 29.0 Å². The van der Waals surface area contributed by atoms with Crippen LogP contribution in [0.5, 0.6) is 0 Å². The number of pyridine rings is 1. The quantitative estimate of drug-likeness (QED) is 0.631. The number of benzene rings is 1. The van der Waals surface area contributed by atoms with Crippen LogP contribution >= 0.6 is 11.6 Å². The van der Waals surface area contributed by atoms with Crippen LogP contribution in [0.4, 0.5) is 0 Å². The molecule has 27 heavy (non-hydrogen) atoms. The molecule has 0 N–H and O–H groups in total. The van der Waals surface area contributed by atoms with Crippen molar-refractivity contribution in [3.05, 3.63) is 35.2 Å². The predicted octanol–water partition coefficient (Wildman–Crippen LogP) is 5.14. The SMILES string of the molecule is N#CCC1CC(n2c(C3CCC3)nc3cnc4ccc(Cl)cc4c32)CCO1. The average molecular weight is 381 g/mol. The summed E-state index contributed by atoms with van der Waals surface area (Å²) in [4.78, 5) is 9.61. The number of imidazole rings is 1. The zero-order valence-electron chi connectivity index (χ0n) is 15.1. The molecule has 1 aromatic carbocycles. The van der Waals surface area contributed by atoms with E-state index in [1.807, 2.05) is 24.4 Å². The van der Waals surface area contributed by atoms with Gasteiger partial charge in [-0.1, -0.05) is 18.0 Å². The minimum absolute atomic E-state index is 0.00266. The second-order valence-corrected chi connectivity index (χ2v) is 8.09. The molecule has 6 heteroatoms. The number of ether oxygens (including phenoxy) is 1. The predicted molar refractivity (Wildman–Crippen MR) is 105 cm³/mol. The Kier molecular flexibility index (Phi) is 4.26. The molecule has 0 amide bonds. The van der Waals surface area contributed by atoms with Crippen molar-refractivity contribution in [1.29, 1.82) is 5.26 Å². The third kappa shape index (κ3) is 2.88. The van der Waals surface area contributed by atoms with Crippen LogP contribution in [0.2, 0.25) is 5.02 Å². The van der Waals surface area contributed by atoms with E-state index in [-0.39, 0.29) is 6.10 Å². The summed E-state index contributed by atoms with van der Waals surface area (Å²) in [7, 11) is 0. The van der Waals surface area contributed by atoms with Gasteiger partial charge in [0.15, 0.2) is 0 Å². The van der Waals surface area contributed by atoms with E-state index in [2.05, 4.69) is 15.6 Å². The Hall–Kier alpha value is -2.16. The first-order valence-corrected chi connectivity index (χ1v) is 10.1. The van der Waals surface area contributed by atoms with Crippen molar-refractivity contribution < 1.29 is 4.74 Å². The van der Waals surface area contributed by atoms with Crippen LogP contribution in [0.15, 0.2) is 24.4 Å². The third-order valence-electron chi connectivity index (χ3n) is 6.00. The first kappa shape index (κ1) is 17.0. The normalized spacial score (nSPS) is 23.4. The van der Waals surface area contributed by atoms with Gasteiger partial charge < -0.3 is 9.30 Å². The molecule has 2 fully saturated rings. The number of halogens is 1. The van der Waals surface area contributed by atoms with E-state index in [4.69, 9.17) is 26.6 Å². The molecule has 1 saturated heterocycles. The summed E-state index contributed by atoms with van der Waals surface area (Å²) >= 11 is 6.32. The van der Waals surface area contributed by atoms with E-state index < -0.39 is 0 Å². The molecule has 0 bridgehead atoms. The van der Waals surface area contributed by atoms with Crippen molar-refractivity contribution in [2.24, 2.45) is 0 Å². The summed E-state index contributed by atoms with van der Waals surface area (Å²) in [5, 5.41) is 10.9. The highest BCUT2D eigenvalue weighted by atomic mass is 35.5. The second-order valence-electron chi connectivity index (χ2n) is 7.65. The lowest BCUT2D eigenvalue weighted by Crippen LogP contribution is -2.29. The van der Waals surface area contributed by atoms with E-state index in [0.717, 1.165) is 34.8 Å². The Balaban J connectivity index is 1.72. The van der Waals surface area contributed by atoms with E-state index in [1.165, 1.54) is 25.1 Å². The number of aromatic nitrogens is 3. The maximum atomic E-state index is 9.10. The largest absolute Gasteiger partial charge is 0.377 e. The van der Waals surface area contributed by atoms with Gasteiger partial charge in [-0.25, -0.2) is 4.98 Å². The molecule has 3 aromatic rings. The monoisotopic (exact) mass is 380 g/mol. The first-order chi connectivity index (χ1) is 13.2. The van der Waals surface area contributed by atoms with Gasteiger partial charge in [-0.15, -0.1) is 0 Å². The van der Waals surface area contributed by atoms with Gasteiger partial charge in [0.05, 0.1) is 35.8 Å². The van der Waals surface area contributed by atoms with Gasteiger partial charge in [-0.05, 0) is 43.9 Å². The number of hydrogen-bond acceptors (Lipinski definition) is 4. The highest BCUT2D eigenvalue weighted by Gasteiger charge is 2.32. The van der Waals surface area contributed by atoms with Crippen molar-refractivity contribution in [1.82, 2.24) is 14.5 Å². The molecule has 2 atom stereocenters. The number of hydrogen-bond donors (Lipinski definition) is 0. The van der Waals surface area contributed by atoms with Gasteiger partial charge in [-0.3, -0.25) is 4.98 Å². The van der Waals surface area contributed by atoms with E-state index in [0.29, 0.717) is 30.0 Å². The van der Waals surface area contributed by atoms with Gasteiger partial charge in [-0.2, -0.15) is 5.26 Å². The van der Waals surface area contributed by atoms with E-state index >= 15 is 0 Å². The molecule has 2 aromatic heterocycles. The van der Waals surface area contributed by atoms with Gasteiger partial charge in [0.25, 0.3) is 0 Å². The number of nitriles is 1. The van der Waals surface area contributed by atoms with Crippen molar-refractivity contribution in [3.63, 3.8) is 0 Å². The topological polar surface area (TPSA) is 63.7 Å². The zero-order valence-corrected chi connectivity index (χ0v) is 15.8. The van der Waals surface area contributed by atoms with Crippen LogP contribution in [-0.4, -0.2) is 27.2 Å². The molecule has 0 radical (unpaired) electrons. The van der Waals surface area contributed by atoms with Crippen molar-refractivity contribution in [2.45, 2.75) is 56.6 Å². The Morgan fingerprint density at radius 1 is 1.26 bits per heavy atom. The number of nitrogens with zero attached hydrogens (tertiary/aromatic N) is 4. The Morgan fingerprint density at radius 2 is 2.15 bits per heavy atom. The van der Waals surface area contributed by atoms with Crippen molar-refractivity contribution >= 4 is 33.5 Å². The van der Waals surface area contributed by atoms with Crippen LogP contribution in [-0.2, 0) is 4.74 Å². The molecule has 1 aliphatic heterocycles. The fraction of sp³-hybridized carbons (Fsp3) is 0.476. The van der Waals surface area contributed by atoms with Crippen LogP contribution in [0.1, 0.15) is 56.3 Å². The molecule has 138 valence electrons. The average Bonchev–Trinajstić information content (AvgIpc) is 3.00. The molecule has 2 unspecified atom stereocenters. The lowest BCUT2D eigenvalue weighted by molar-refractivity contribution is -0.00245. The fourth-order valence-electron chi connectivity index (χ4n) is 4.43. The lowest BCUT2D eigenvalue weighted by Gasteiger charge is -2.33. The minimum Gasteiger partial charge on any atom is -0.377 e. The summed E-state index contributed by atoms with van der Waals surface area (Å²) in [5.41, 5.74) is 3.01. The van der Waals surface area contributed by atoms with Crippen LogP contribution in [0, 0.1) is 11.3 Å². The van der Waals surface area contributed by atoms with Gasteiger partial charge in [0.2, 0.25) is 0 Å². The van der Waals surface area contributed by atoms with E-state index in [9.17, 15) is 0 Å². The third-order valence-corrected chi connectivity index (χ3v) is 6.23. The summed E-state index contributed by atoms with van der Waals surface area (Å²) in [6, 6.07) is 8.41. The van der Waals surface area contributed by atoms with Gasteiger partial charge >= 0.3 is 0 Å². The summed E-state index contributed by atoms with van der Waals surface area (Å²) < 4.78 is 8.25. The highest BCUT2D eigenvalue weighted by Crippen LogP contribution is 2.42. The zero-order chi connectivity index (χ0) is 18.4. The van der Waals surface area contributed by atoms with Crippen LogP contribution in [0.3, 0.4) is 0 Å². The maximum absolute atomic E-state index is 9.10. The number of rotatable bonds is 3. The van der Waals surface area contributed by atoms with Crippen molar-refractivity contribution in [2.75, 3.05) is 6.61 Å². The summed E-state index contributed by atoms with van der Waals surface area (Å²) in [6.07, 6.45) is 7.77. The number of fused-ring (bicyclic) bond motifs is 3. The molecule has 1 aliphatic carbocycles. The molecular weight excluding hydrogens is 360 g/mol. The molecule has 5 nitrogen and oxygen atoms in total.